The summed E-state index contributed by atoms with van der Waals surface area (Å²) in [7, 11) is -3.30. The predicted octanol–water partition coefficient (Wildman–Crippen LogP) is 3.03. The second kappa shape index (κ2) is 7.60. The van der Waals surface area contributed by atoms with E-state index in [1.807, 2.05) is 38.1 Å². The van der Waals surface area contributed by atoms with Crippen LogP contribution >= 0.6 is 0 Å². The number of sulfonamides is 1. The van der Waals surface area contributed by atoms with Gasteiger partial charge in [-0.25, -0.2) is 8.42 Å². The van der Waals surface area contributed by atoms with Crippen LogP contribution in [0.2, 0.25) is 0 Å². The average molecular weight is 388 g/mol. The number of hydrogen-bond donors (Lipinski definition) is 1. The summed E-state index contributed by atoms with van der Waals surface area (Å²) in [4.78, 5) is 12.2. The Morgan fingerprint density at radius 2 is 1.93 bits per heavy atom. The van der Waals surface area contributed by atoms with Gasteiger partial charge in [-0.15, -0.1) is 0 Å². The molecule has 0 radical (unpaired) electrons. The molecule has 1 amide bonds. The van der Waals surface area contributed by atoms with Gasteiger partial charge in [0.05, 0.1) is 11.9 Å². The molecule has 0 saturated heterocycles. The Morgan fingerprint density at radius 1 is 1.15 bits per heavy atom. The summed E-state index contributed by atoms with van der Waals surface area (Å²) in [6.45, 7) is 4.42. The SMILES string of the molecule is Cc1ccc(OCC(=O)Nc2ccc3c(c2)CCCN3S(C)(=O)=O)cc1C. The molecule has 0 unspecified atom stereocenters. The standard InChI is InChI=1S/C20H24N2O4S/c1-14-6-8-18(11-15(14)2)26-13-20(23)21-17-7-9-19-16(12-17)5-4-10-22(19)27(3,24)25/h6-9,11-12H,4-5,10,13H2,1-3H3,(H,21,23). The Morgan fingerprint density at radius 3 is 2.63 bits per heavy atom. The summed E-state index contributed by atoms with van der Waals surface area (Å²) in [5.74, 6) is 0.395. The molecule has 6 nitrogen and oxygen atoms in total. The van der Waals surface area contributed by atoms with Crippen molar-refractivity contribution in [3.63, 3.8) is 0 Å². The number of carbonyl (C=O) groups excluding carboxylic acids is 1. The van der Waals surface area contributed by atoms with E-state index in [1.54, 1.807) is 12.1 Å². The molecule has 3 rings (SSSR count). The van der Waals surface area contributed by atoms with Crippen LogP contribution in [0.1, 0.15) is 23.1 Å². The van der Waals surface area contributed by atoms with E-state index in [0.29, 0.717) is 23.7 Å². The van der Waals surface area contributed by atoms with Crippen LogP contribution in [0.3, 0.4) is 0 Å². The van der Waals surface area contributed by atoms with Crippen molar-refractivity contribution in [2.75, 3.05) is 29.0 Å². The van der Waals surface area contributed by atoms with Gasteiger partial charge in [-0.1, -0.05) is 6.07 Å². The quantitative estimate of drug-likeness (QED) is 0.854. The molecule has 144 valence electrons. The van der Waals surface area contributed by atoms with E-state index in [9.17, 15) is 13.2 Å². The first kappa shape index (κ1) is 19.2. The largest absolute Gasteiger partial charge is 0.484 e. The number of fused-ring (bicyclic) bond motifs is 1. The molecule has 1 heterocycles. The number of carbonyl (C=O) groups is 1. The van der Waals surface area contributed by atoms with Crippen LogP contribution in [0, 0.1) is 13.8 Å². The fourth-order valence-corrected chi connectivity index (χ4v) is 4.13. The Bertz CT molecular complexity index is 970. The number of aryl methyl sites for hydroxylation is 3. The lowest BCUT2D eigenvalue weighted by atomic mass is 10.0. The van der Waals surface area contributed by atoms with Crippen LogP contribution in [0.25, 0.3) is 0 Å². The Balaban J connectivity index is 1.65. The molecule has 7 heteroatoms. The van der Waals surface area contributed by atoms with Crippen molar-refractivity contribution in [3.8, 4) is 5.75 Å². The highest BCUT2D eigenvalue weighted by atomic mass is 32.2. The maximum atomic E-state index is 12.2. The number of benzene rings is 2. The van der Waals surface area contributed by atoms with Crippen molar-refractivity contribution in [2.45, 2.75) is 26.7 Å². The predicted molar refractivity (Wildman–Crippen MR) is 107 cm³/mol. The minimum absolute atomic E-state index is 0.0882. The number of nitrogens with zero attached hydrogens (tertiary/aromatic N) is 1. The molecule has 0 fully saturated rings. The summed E-state index contributed by atoms with van der Waals surface area (Å²) < 4.78 is 30.8. The Hall–Kier alpha value is -2.54. The summed E-state index contributed by atoms with van der Waals surface area (Å²) in [6.07, 6.45) is 2.75. The van der Waals surface area contributed by atoms with Crippen LogP contribution < -0.4 is 14.4 Å². The van der Waals surface area contributed by atoms with E-state index in [1.165, 1.54) is 16.1 Å². The zero-order valence-electron chi connectivity index (χ0n) is 15.8. The van der Waals surface area contributed by atoms with Gasteiger partial charge in [-0.3, -0.25) is 9.10 Å². The van der Waals surface area contributed by atoms with Gasteiger partial charge in [0.1, 0.15) is 5.75 Å². The van der Waals surface area contributed by atoms with E-state index in [-0.39, 0.29) is 12.5 Å². The monoisotopic (exact) mass is 388 g/mol. The van der Waals surface area contributed by atoms with Gasteiger partial charge in [0.2, 0.25) is 10.0 Å². The molecule has 1 N–H and O–H groups in total. The smallest absolute Gasteiger partial charge is 0.262 e. The summed E-state index contributed by atoms with van der Waals surface area (Å²) in [5.41, 5.74) is 4.52. The van der Waals surface area contributed by atoms with Crippen LogP contribution in [0.5, 0.6) is 5.75 Å². The molecule has 0 aromatic heterocycles. The van der Waals surface area contributed by atoms with Crippen molar-refractivity contribution in [3.05, 3.63) is 53.1 Å². The van der Waals surface area contributed by atoms with Gasteiger partial charge in [0, 0.05) is 12.2 Å². The molecule has 0 aliphatic carbocycles. The van der Waals surface area contributed by atoms with Crippen LogP contribution in [-0.2, 0) is 21.2 Å². The highest BCUT2D eigenvalue weighted by Crippen LogP contribution is 2.31. The van der Waals surface area contributed by atoms with Crippen molar-refractivity contribution in [2.24, 2.45) is 0 Å². The lowest BCUT2D eigenvalue weighted by Gasteiger charge is -2.29. The molecule has 2 aromatic rings. The summed E-state index contributed by atoms with van der Waals surface area (Å²) in [5, 5.41) is 2.81. The average Bonchev–Trinajstić information content (AvgIpc) is 2.61. The minimum Gasteiger partial charge on any atom is -0.484 e. The van der Waals surface area contributed by atoms with Crippen LogP contribution in [-0.4, -0.2) is 33.7 Å². The Labute approximate surface area is 160 Å². The minimum atomic E-state index is -3.30. The van der Waals surface area contributed by atoms with Crippen molar-refractivity contribution < 1.29 is 17.9 Å². The summed E-state index contributed by atoms with van der Waals surface area (Å²) >= 11 is 0. The topological polar surface area (TPSA) is 75.7 Å². The lowest BCUT2D eigenvalue weighted by molar-refractivity contribution is -0.118. The van der Waals surface area contributed by atoms with Crippen LogP contribution in [0.15, 0.2) is 36.4 Å². The van der Waals surface area contributed by atoms with Gasteiger partial charge in [0.25, 0.3) is 5.91 Å². The molecular formula is C20H24N2O4S. The van der Waals surface area contributed by atoms with E-state index in [2.05, 4.69) is 5.32 Å². The van der Waals surface area contributed by atoms with Crippen molar-refractivity contribution in [1.82, 2.24) is 0 Å². The van der Waals surface area contributed by atoms with E-state index < -0.39 is 10.0 Å². The number of hydrogen-bond acceptors (Lipinski definition) is 4. The lowest BCUT2D eigenvalue weighted by Crippen LogP contribution is -2.34. The normalized spacial score (nSPS) is 13.8. The number of rotatable bonds is 5. The first-order valence-corrected chi connectivity index (χ1v) is 10.7. The third-order valence-electron chi connectivity index (χ3n) is 4.69. The molecule has 0 saturated carbocycles. The highest BCUT2D eigenvalue weighted by Gasteiger charge is 2.24. The van der Waals surface area contributed by atoms with Crippen molar-refractivity contribution in [1.29, 1.82) is 0 Å². The fourth-order valence-electron chi connectivity index (χ4n) is 3.13. The van der Waals surface area contributed by atoms with Gasteiger partial charge in [-0.05, 0) is 73.7 Å². The second-order valence-electron chi connectivity index (χ2n) is 6.87. The van der Waals surface area contributed by atoms with Gasteiger partial charge < -0.3 is 10.1 Å². The number of ether oxygens (including phenoxy) is 1. The molecular weight excluding hydrogens is 364 g/mol. The first-order chi connectivity index (χ1) is 12.7. The van der Waals surface area contributed by atoms with Gasteiger partial charge in [-0.2, -0.15) is 0 Å². The number of nitrogens with one attached hydrogen (secondary N) is 1. The molecule has 1 aliphatic rings. The van der Waals surface area contributed by atoms with Crippen molar-refractivity contribution >= 4 is 27.3 Å². The zero-order valence-corrected chi connectivity index (χ0v) is 16.6. The molecule has 2 aromatic carbocycles. The van der Waals surface area contributed by atoms with Crippen LogP contribution in [0.4, 0.5) is 11.4 Å². The summed E-state index contributed by atoms with van der Waals surface area (Å²) in [6, 6.07) is 11.0. The maximum Gasteiger partial charge on any atom is 0.262 e. The highest BCUT2D eigenvalue weighted by molar-refractivity contribution is 7.92. The number of amides is 1. The number of anilines is 2. The third kappa shape index (κ3) is 4.60. The molecule has 0 bridgehead atoms. The molecule has 1 aliphatic heterocycles. The molecule has 0 atom stereocenters. The van der Waals surface area contributed by atoms with E-state index >= 15 is 0 Å². The third-order valence-corrected chi connectivity index (χ3v) is 5.87. The fraction of sp³-hybridized carbons (Fsp3) is 0.350. The van der Waals surface area contributed by atoms with E-state index in [4.69, 9.17) is 4.74 Å². The first-order valence-electron chi connectivity index (χ1n) is 8.84. The Kier molecular flexibility index (Phi) is 5.41. The molecule has 0 spiro atoms. The van der Waals surface area contributed by atoms with E-state index in [0.717, 1.165) is 24.0 Å². The van der Waals surface area contributed by atoms with Gasteiger partial charge in [0.15, 0.2) is 6.61 Å². The molecule has 27 heavy (non-hydrogen) atoms. The zero-order chi connectivity index (χ0) is 19.6. The second-order valence-corrected chi connectivity index (χ2v) is 8.77. The maximum absolute atomic E-state index is 12.2. The van der Waals surface area contributed by atoms with Gasteiger partial charge >= 0.3 is 0 Å².